The van der Waals surface area contributed by atoms with Crippen molar-refractivity contribution < 1.29 is 22.0 Å². The van der Waals surface area contributed by atoms with E-state index in [0.717, 1.165) is 5.57 Å². The van der Waals surface area contributed by atoms with E-state index in [2.05, 4.69) is 4.28 Å². The average molecular weight is 311 g/mol. The van der Waals surface area contributed by atoms with E-state index in [1.807, 2.05) is 19.9 Å². The number of rotatable bonds is 3. The molecule has 2 aliphatic rings. The summed E-state index contributed by atoms with van der Waals surface area (Å²) in [4.78, 5) is 13.2. The molecule has 106 valence electrons. The Balaban J connectivity index is 0.00000200. The van der Waals surface area contributed by atoms with E-state index < -0.39 is 28.5 Å². The molecule has 2 amide bonds. The van der Waals surface area contributed by atoms with Crippen LogP contribution in [0.2, 0.25) is 0 Å². The van der Waals surface area contributed by atoms with Gasteiger partial charge in [0.15, 0.2) is 0 Å². The molecule has 0 spiro atoms. The second kappa shape index (κ2) is 6.01. The number of hydrogen-bond donors (Lipinski definition) is 1. The van der Waals surface area contributed by atoms with Gasteiger partial charge in [-0.2, -0.15) is 18.7 Å². The number of carbonyl (C=O) groups is 1. The van der Waals surface area contributed by atoms with Gasteiger partial charge in [-0.1, -0.05) is 13.8 Å². The zero-order valence-electron chi connectivity index (χ0n) is 10.3. The zero-order valence-corrected chi connectivity index (χ0v) is 11.2. The van der Waals surface area contributed by atoms with Crippen molar-refractivity contribution in [2.75, 3.05) is 6.54 Å². The Bertz CT molecular complexity index is 582. The van der Waals surface area contributed by atoms with Gasteiger partial charge in [0, 0.05) is 0 Å². The minimum absolute atomic E-state index is 0. The van der Waals surface area contributed by atoms with Crippen molar-refractivity contribution in [2.24, 2.45) is 5.92 Å². The summed E-state index contributed by atoms with van der Waals surface area (Å²) in [5.74, 6) is 0.0152. The van der Waals surface area contributed by atoms with Gasteiger partial charge in [0.2, 0.25) is 0 Å². The van der Waals surface area contributed by atoms with Crippen molar-refractivity contribution in [1.82, 2.24) is 9.96 Å². The molecular formula is C10H14N3NaO5S. The van der Waals surface area contributed by atoms with Crippen molar-refractivity contribution >= 4 is 46.0 Å². The van der Waals surface area contributed by atoms with Crippen LogP contribution in [0.25, 0.3) is 0 Å². The molecule has 0 unspecified atom stereocenters. The summed E-state index contributed by atoms with van der Waals surface area (Å²) in [6, 6.07) is -0.150. The first-order valence-electron chi connectivity index (χ1n) is 5.62. The predicted molar refractivity (Wildman–Crippen MR) is 69.8 cm³/mol. The first-order valence-corrected chi connectivity index (χ1v) is 6.99. The summed E-state index contributed by atoms with van der Waals surface area (Å²) in [5, 5.41) is 9.64. The number of hydroxylamine groups is 2. The quantitative estimate of drug-likeness (QED) is 0.434. The van der Waals surface area contributed by atoms with Crippen LogP contribution in [-0.4, -0.2) is 77.2 Å². The van der Waals surface area contributed by atoms with Crippen molar-refractivity contribution in [3.05, 3.63) is 11.6 Å². The molecule has 0 aromatic carbocycles. The van der Waals surface area contributed by atoms with Crippen LogP contribution < -0.4 is 0 Å². The predicted octanol–water partition coefficient (Wildman–Crippen LogP) is -0.333. The number of fused-ring (bicyclic) bond motifs is 2. The standard InChI is InChI=1S/C10H13N3O5S.Na.H/c1-6(2)8-3-7(4-11)12-5-9(8)13(10(12)14)18-19(15,16)17;;/h3,6-7,9H,5H2,1-2H3,(H,15,16,17);;/t7-,9-;;/m0../s1. The molecule has 8 nitrogen and oxygen atoms in total. The molecule has 2 rings (SSSR count). The van der Waals surface area contributed by atoms with E-state index >= 15 is 0 Å². The van der Waals surface area contributed by atoms with Crippen molar-refractivity contribution in [3.8, 4) is 6.07 Å². The molecule has 0 saturated carbocycles. The van der Waals surface area contributed by atoms with Crippen LogP contribution in [0.1, 0.15) is 13.8 Å². The first kappa shape index (κ1) is 17.4. The Hall–Kier alpha value is -0.630. The summed E-state index contributed by atoms with van der Waals surface area (Å²) < 4.78 is 34.6. The van der Waals surface area contributed by atoms with Gasteiger partial charge >= 0.3 is 46.0 Å². The maximum atomic E-state index is 12.0. The van der Waals surface area contributed by atoms with Gasteiger partial charge in [0.1, 0.15) is 12.1 Å². The third-order valence-electron chi connectivity index (χ3n) is 3.13. The Morgan fingerprint density at radius 3 is 2.60 bits per heavy atom. The molecular weight excluding hydrogens is 297 g/mol. The molecule has 0 radical (unpaired) electrons. The van der Waals surface area contributed by atoms with E-state index in [-0.39, 0.29) is 42.0 Å². The molecule has 2 aliphatic heterocycles. The van der Waals surface area contributed by atoms with E-state index in [4.69, 9.17) is 9.81 Å². The fourth-order valence-electron chi connectivity index (χ4n) is 2.32. The van der Waals surface area contributed by atoms with Crippen LogP contribution in [0.4, 0.5) is 4.79 Å². The van der Waals surface area contributed by atoms with Crippen LogP contribution in [-0.2, 0) is 14.7 Å². The Morgan fingerprint density at radius 1 is 1.55 bits per heavy atom. The van der Waals surface area contributed by atoms with Gasteiger partial charge in [0.25, 0.3) is 0 Å². The maximum absolute atomic E-state index is 12.0. The van der Waals surface area contributed by atoms with Crippen LogP contribution in [0.3, 0.4) is 0 Å². The SMILES string of the molecule is CC(C)C1=C[C@@H](C#N)N2C[C@@H]1N(OS(=O)(=O)O)C2=O.[NaH]. The number of nitrogens with zero attached hydrogens (tertiary/aromatic N) is 3. The van der Waals surface area contributed by atoms with E-state index in [1.54, 1.807) is 6.08 Å². The molecule has 2 heterocycles. The van der Waals surface area contributed by atoms with Crippen molar-refractivity contribution in [2.45, 2.75) is 25.9 Å². The van der Waals surface area contributed by atoms with Gasteiger partial charge < -0.3 is 4.90 Å². The molecule has 0 aromatic rings. The molecule has 0 aliphatic carbocycles. The van der Waals surface area contributed by atoms with Crippen LogP contribution in [0, 0.1) is 17.2 Å². The fourth-order valence-corrected chi connectivity index (χ4v) is 2.70. The van der Waals surface area contributed by atoms with E-state index in [0.29, 0.717) is 5.06 Å². The van der Waals surface area contributed by atoms with Crippen LogP contribution >= 0.6 is 0 Å². The number of amides is 2. The molecule has 10 heteroatoms. The molecule has 1 N–H and O–H groups in total. The number of hydrogen-bond acceptors (Lipinski definition) is 5. The summed E-state index contributed by atoms with van der Waals surface area (Å²) >= 11 is 0. The summed E-state index contributed by atoms with van der Waals surface area (Å²) in [6.45, 7) is 3.89. The second-order valence-corrected chi connectivity index (χ2v) is 5.68. The van der Waals surface area contributed by atoms with E-state index in [9.17, 15) is 13.2 Å². The molecule has 20 heavy (non-hydrogen) atoms. The third kappa shape index (κ3) is 3.16. The van der Waals surface area contributed by atoms with Crippen LogP contribution in [0.15, 0.2) is 11.6 Å². The normalized spacial score (nSPS) is 25.4. The number of carbonyl (C=O) groups excluding carboxylic acids is 1. The van der Waals surface area contributed by atoms with Crippen molar-refractivity contribution in [3.63, 3.8) is 0 Å². The third-order valence-corrected chi connectivity index (χ3v) is 3.48. The molecule has 2 atom stereocenters. The average Bonchev–Trinajstić information content (AvgIpc) is 2.54. The Kier molecular flexibility index (Phi) is 5.23. The zero-order chi connectivity index (χ0) is 14.4. The molecule has 1 saturated heterocycles. The Labute approximate surface area is 139 Å². The van der Waals surface area contributed by atoms with Gasteiger partial charge in [0.05, 0.1) is 12.6 Å². The summed E-state index contributed by atoms with van der Waals surface area (Å²) in [7, 11) is -4.78. The number of urea groups is 1. The van der Waals surface area contributed by atoms with Gasteiger partial charge in [-0.05, 0) is 17.6 Å². The monoisotopic (exact) mass is 311 g/mol. The molecule has 2 bridgehead atoms. The second-order valence-electron chi connectivity index (χ2n) is 4.67. The van der Waals surface area contributed by atoms with Gasteiger partial charge in [-0.3, -0.25) is 4.55 Å². The van der Waals surface area contributed by atoms with Crippen molar-refractivity contribution in [1.29, 1.82) is 5.26 Å². The molecule has 1 fully saturated rings. The topological polar surface area (TPSA) is 111 Å². The van der Waals surface area contributed by atoms with E-state index in [1.165, 1.54) is 4.90 Å². The first-order chi connectivity index (χ1) is 8.74. The fraction of sp³-hybridized carbons (Fsp3) is 0.600. The van der Waals surface area contributed by atoms with Gasteiger partial charge in [-0.15, -0.1) is 4.28 Å². The number of nitriles is 1. The summed E-state index contributed by atoms with van der Waals surface area (Å²) in [6.07, 6.45) is 1.63. The van der Waals surface area contributed by atoms with Crippen LogP contribution in [0.5, 0.6) is 0 Å². The minimum atomic E-state index is -4.78. The molecule has 0 aromatic heterocycles. The summed E-state index contributed by atoms with van der Waals surface area (Å²) in [5.41, 5.74) is 0.734. The Morgan fingerprint density at radius 2 is 2.15 bits per heavy atom. The van der Waals surface area contributed by atoms with Gasteiger partial charge in [-0.25, -0.2) is 4.79 Å².